The fourth-order valence-electron chi connectivity index (χ4n) is 2.75. The number of hydrogen-bond donors (Lipinski definition) is 2. The highest BCUT2D eigenvalue weighted by molar-refractivity contribution is 6.07. The second-order valence-electron chi connectivity index (χ2n) is 6.83. The van der Waals surface area contributed by atoms with Gasteiger partial charge in [0.25, 0.3) is 5.91 Å². The molecule has 0 bridgehead atoms. The number of aromatic nitrogens is 1. The van der Waals surface area contributed by atoms with Crippen molar-refractivity contribution >= 4 is 22.8 Å². The highest BCUT2D eigenvalue weighted by Crippen LogP contribution is 2.40. The van der Waals surface area contributed by atoms with Crippen molar-refractivity contribution in [1.29, 1.82) is 0 Å². The van der Waals surface area contributed by atoms with Crippen LogP contribution in [0.4, 0.5) is 0 Å². The van der Waals surface area contributed by atoms with E-state index < -0.39 is 11.5 Å². The molecule has 24 heavy (non-hydrogen) atoms. The van der Waals surface area contributed by atoms with Gasteiger partial charge in [0, 0.05) is 17.0 Å². The van der Waals surface area contributed by atoms with Gasteiger partial charge in [-0.2, -0.15) is 0 Å². The quantitative estimate of drug-likeness (QED) is 0.882. The first-order valence-corrected chi connectivity index (χ1v) is 8.31. The largest absolute Gasteiger partial charge is 0.480 e. The van der Waals surface area contributed by atoms with Gasteiger partial charge in [-0.25, -0.2) is 4.79 Å². The molecule has 2 aromatic rings. The summed E-state index contributed by atoms with van der Waals surface area (Å²) in [5.74, 6) is -0.976. The Morgan fingerprint density at radius 1 is 1.33 bits per heavy atom. The van der Waals surface area contributed by atoms with Crippen LogP contribution in [-0.4, -0.2) is 27.5 Å². The van der Waals surface area contributed by atoms with E-state index in [0.29, 0.717) is 17.9 Å². The number of carboxylic acid groups (broad SMARTS) is 1. The number of fused-ring (bicyclic) bond motifs is 1. The molecule has 1 aliphatic rings. The van der Waals surface area contributed by atoms with Gasteiger partial charge >= 0.3 is 5.97 Å². The first-order valence-electron chi connectivity index (χ1n) is 8.31. The van der Waals surface area contributed by atoms with Crippen LogP contribution in [0.1, 0.15) is 60.6 Å². The fourth-order valence-corrected chi connectivity index (χ4v) is 2.75. The molecular formula is C19H22N2O3. The number of rotatable bonds is 5. The van der Waals surface area contributed by atoms with Crippen molar-refractivity contribution in [1.82, 2.24) is 10.3 Å². The van der Waals surface area contributed by atoms with Crippen molar-refractivity contribution in [2.75, 3.05) is 0 Å². The summed E-state index contributed by atoms with van der Waals surface area (Å²) >= 11 is 0. The highest BCUT2D eigenvalue weighted by Gasteiger charge is 2.34. The van der Waals surface area contributed by atoms with E-state index in [-0.39, 0.29) is 5.91 Å². The Kier molecular flexibility index (Phi) is 4.03. The number of nitrogens with one attached hydrogen (secondary N) is 1. The summed E-state index contributed by atoms with van der Waals surface area (Å²) in [5.41, 5.74) is 1.96. The maximum Gasteiger partial charge on any atom is 0.329 e. The number of aliphatic carboxylic acids is 1. The third-order valence-electron chi connectivity index (χ3n) is 4.79. The lowest BCUT2D eigenvalue weighted by Crippen LogP contribution is -2.51. The van der Waals surface area contributed by atoms with Crippen LogP contribution in [0.25, 0.3) is 10.9 Å². The molecule has 0 aliphatic heterocycles. The number of pyridine rings is 1. The Bertz CT molecular complexity index is 827. The SMILES string of the molecule is CCC(C)(NC(=O)c1cc(C2CC2)nc2ccc(C)cc12)C(=O)O. The van der Waals surface area contributed by atoms with Gasteiger partial charge in [-0.15, -0.1) is 0 Å². The summed E-state index contributed by atoms with van der Waals surface area (Å²) in [6, 6.07) is 7.65. The lowest BCUT2D eigenvalue weighted by atomic mass is 9.97. The predicted molar refractivity (Wildman–Crippen MR) is 92.3 cm³/mol. The Morgan fingerprint density at radius 2 is 2.04 bits per heavy atom. The molecule has 3 rings (SSSR count). The number of aryl methyl sites for hydroxylation is 1. The molecule has 2 N–H and O–H groups in total. The molecule has 1 atom stereocenters. The monoisotopic (exact) mass is 326 g/mol. The number of carboxylic acids is 1. The summed E-state index contributed by atoms with van der Waals surface area (Å²) in [6.07, 6.45) is 2.49. The highest BCUT2D eigenvalue weighted by atomic mass is 16.4. The maximum atomic E-state index is 12.8. The van der Waals surface area contributed by atoms with Crippen molar-refractivity contribution in [3.8, 4) is 0 Å². The van der Waals surface area contributed by atoms with Gasteiger partial charge in [0.15, 0.2) is 0 Å². The average Bonchev–Trinajstić information content (AvgIpc) is 3.38. The topological polar surface area (TPSA) is 79.3 Å². The summed E-state index contributed by atoms with van der Waals surface area (Å²) in [4.78, 5) is 29.0. The average molecular weight is 326 g/mol. The predicted octanol–water partition coefficient (Wildman–Crippen LogP) is 3.40. The van der Waals surface area contributed by atoms with E-state index in [9.17, 15) is 14.7 Å². The first kappa shape index (κ1) is 16.4. The maximum absolute atomic E-state index is 12.8. The molecule has 1 aromatic carbocycles. The Labute approximate surface area is 141 Å². The molecule has 1 unspecified atom stereocenters. The lowest BCUT2D eigenvalue weighted by molar-refractivity contribution is -0.143. The van der Waals surface area contributed by atoms with Crippen LogP contribution in [0.5, 0.6) is 0 Å². The van der Waals surface area contributed by atoms with Crippen molar-refractivity contribution < 1.29 is 14.7 Å². The number of benzene rings is 1. The standard InChI is InChI=1S/C19H22N2O3/c1-4-19(3,18(23)24)21-17(22)14-10-16(12-6-7-12)20-15-8-5-11(2)9-13(14)15/h5,8-10,12H,4,6-7H2,1-3H3,(H,21,22)(H,23,24). The van der Waals surface area contributed by atoms with Crippen molar-refractivity contribution in [3.63, 3.8) is 0 Å². The van der Waals surface area contributed by atoms with E-state index in [2.05, 4.69) is 10.3 Å². The molecule has 1 saturated carbocycles. The minimum atomic E-state index is -1.28. The molecule has 1 aromatic heterocycles. The second kappa shape index (κ2) is 5.89. The van der Waals surface area contributed by atoms with Gasteiger partial charge in [-0.3, -0.25) is 9.78 Å². The molecule has 126 valence electrons. The van der Waals surface area contributed by atoms with E-state index in [1.54, 1.807) is 6.92 Å². The van der Waals surface area contributed by atoms with Crippen molar-refractivity contribution in [2.24, 2.45) is 0 Å². The van der Waals surface area contributed by atoms with Crippen LogP contribution in [0.15, 0.2) is 24.3 Å². The van der Waals surface area contributed by atoms with Gasteiger partial charge in [-0.1, -0.05) is 18.6 Å². The van der Waals surface area contributed by atoms with Crippen LogP contribution < -0.4 is 5.32 Å². The lowest BCUT2D eigenvalue weighted by Gasteiger charge is -2.25. The van der Waals surface area contributed by atoms with Gasteiger partial charge < -0.3 is 10.4 Å². The van der Waals surface area contributed by atoms with Crippen molar-refractivity contribution in [3.05, 3.63) is 41.1 Å². The van der Waals surface area contributed by atoms with E-state index in [0.717, 1.165) is 35.0 Å². The van der Waals surface area contributed by atoms with Gasteiger partial charge in [-0.05, 0) is 51.3 Å². The fraction of sp³-hybridized carbons (Fsp3) is 0.421. The minimum absolute atomic E-state index is 0.311. The summed E-state index contributed by atoms with van der Waals surface area (Å²) in [5, 5.41) is 12.9. The Balaban J connectivity index is 2.08. The molecule has 5 nitrogen and oxygen atoms in total. The number of carbonyl (C=O) groups is 2. The van der Waals surface area contributed by atoms with Crippen LogP contribution >= 0.6 is 0 Å². The summed E-state index contributed by atoms with van der Waals surface area (Å²) in [7, 11) is 0. The Morgan fingerprint density at radius 3 is 2.62 bits per heavy atom. The van der Waals surface area contributed by atoms with Gasteiger partial charge in [0.1, 0.15) is 5.54 Å². The summed E-state index contributed by atoms with van der Waals surface area (Å²) in [6.45, 7) is 5.24. The number of hydrogen-bond acceptors (Lipinski definition) is 3. The van der Waals surface area contributed by atoms with E-state index in [1.165, 1.54) is 6.92 Å². The zero-order valence-electron chi connectivity index (χ0n) is 14.2. The molecule has 1 aliphatic carbocycles. The van der Waals surface area contributed by atoms with Crippen LogP contribution in [0.2, 0.25) is 0 Å². The van der Waals surface area contributed by atoms with Crippen LogP contribution in [-0.2, 0) is 4.79 Å². The van der Waals surface area contributed by atoms with Gasteiger partial charge in [0.2, 0.25) is 0 Å². The smallest absolute Gasteiger partial charge is 0.329 e. The third kappa shape index (κ3) is 2.98. The van der Waals surface area contributed by atoms with Crippen molar-refractivity contribution in [2.45, 2.75) is 51.5 Å². The van der Waals surface area contributed by atoms with Gasteiger partial charge in [0.05, 0.1) is 11.1 Å². The van der Waals surface area contributed by atoms with E-state index >= 15 is 0 Å². The molecular weight excluding hydrogens is 304 g/mol. The number of amides is 1. The summed E-state index contributed by atoms with van der Waals surface area (Å²) < 4.78 is 0. The zero-order chi connectivity index (χ0) is 17.5. The Hall–Kier alpha value is -2.43. The molecule has 0 spiro atoms. The molecule has 5 heteroatoms. The first-order chi connectivity index (χ1) is 11.3. The molecule has 0 saturated heterocycles. The van der Waals surface area contributed by atoms with Crippen LogP contribution in [0, 0.1) is 6.92 Å². The molecule has 1 heterocycles. The normalized spacial score (nSPS) is 16.6. The number of carbonyl (C=O) groups excluding carboxylic acids is 1. The van der Waals surface area contributed by atoms with E-state index in [1.807, 2.05) is 31.2 Å². The molecule has 1 amide bonds. The minimum Gasteiger partial charge on any atom is -0.480 e. The zero-order valence-corrected chi connectivity index (χ0v) is 14.2. The van der Waals surface area contributed by atoms with E-state index in [4.69, 9.17) is 0 Å². The molecule has 1 fully saturated rings. The second-order valence-corrected chi connectivity index (χ2v) is 6.83. The third-order valence-corrected chi connectivity index (χ3v) is 4.79. The number of nitrogens with zero attached hydrogens (tertiary/aromatic N) is 1. The molecule has 0 radical (unpaired) electrons. The van der Waals surface area contributed by atoms with Crippen LogP contribution in [0.3, 0.4) is 0 Å².